The second kappa shape index (κ2) is 7.54. The number of rotatable bonds is 3. The molecule has 0 bridgehead atoms. The molecule has 4 nitrogen and oxygen atoms in total. The highest BCUT2D eigenvalue weighted by Crippen LogP contribution is 2.32. The fourth-order valence-corrected chi connectivity index (χ4v) is 3.49. The first-order valence-electron chi connectivity index (χ1n) is 8.38. The quantitative estimate of drug-likeness (QED) is 0.721. The number of carbonyl (C=O) groups is 1. The Bertz CT molecular complexity index is 794. The Morgan fingerprint density at radius 3 is 2.64 bits per heavy atom. The van der Waals surface area contributed by atoms with Gasteiger partial charge in [0.15, 0.2) is 0 Å². The average molecular weight is 378 g/mol. The van der Waals surface area contributed by atoms with Crippen molar-refractivity contribution in [2.75, 3.05) is 22.5 Å². The van der Waals surface area contributed by atoms with E-state index >= 15 is 0 Å². The maximum absolute atomic E-state index is 12.4. The molecule has 1 amide bonds. The van der Waals surface area contributed by atoms with Crippen LogP contribution in [0.5, 0.6) is 0 Å². The minimum absolute atomic E-state index is 0.253. The first-order chi connectivity index (χ1) is 12.0. The Kier molecular flexibility index (Phi) is 5.40. The fourth-order valence-electron chi connectivity index (χ4n) is 3.19. The Morgan fingerprint density at radius 1 is 1.16 bits per heavy atom. The molecule has 0 saturated carbocycles. The zero-order valence-electron chi connectivity index (χ0n) is 14.1. The van der Waals surface area contributed by atoms with Crippen molar-refractivity contribution in [1.29, 1.82) is 0 Å². The van der Waals surface area contributed by atoms with Gasteiger partial charge in [0.2, 0.25) is 0 Å². The molecule has 0 aromatic heterocycles. The lowest BCUT2D eigenvalue weighted by Gasteiger charge is -2.36. The summed E-state index contributed by atoms with van der Waals surface area (Å²) in [6.07, 6.45) is 3.62. The maximum atomic E-state index is 12.4. The van der Waals surface area contributed by atoms with Crippen molar-refractivity contribution in [3.63, 3.8) is 0 Å². The molecule has 3 N–H and O–H groups in total. The second-order valence-corrected chi connectivity index (χ2v) is 7.21. The maximum Gasteiger partial charge on any atom is 0.255 e. The predicted molar refractivity (Wildman–Crippen MR) is 106 cm³/mol. The van der Waals surface area contributed by atoms with Gasteiger partial charge in [0, 0.05) is 23.8 Å². The third-order valence-electron chi connectivity index (χ3n) is 4.58. The molecule has 25 heavy (non-hydrogen) atoms. The molecule has 1 saturated heterocycles. The summed E-state index contributed by atoms with van der Waals surface area (Å²) in [5.74, 6) is -0.253. The van der Waals surface area contributed by atoms with Crippen LogP contribution in [0.25, 0.3) is 0 Å². The number of anilines is 3. The molecule has 0 spiro atoms. The summed E-state index contributed by atoms with van der Waals surface area (Å²) in [5.41, 5.74) is 9.04. The normalized spacial score (nSPS) is 17.4. The highest BCUT2D eigenvalue weighted by Gasteiger charge is 2.20. The van der Waals surface area contributed by atoms with Crippen LogP contribution >= 0.6 is 23.2 Å². The Labute approximate surface area is 157 Å². The van der Waals surface area contributed by atoms with Gasteiger partial charge in [-0.15, -0.1) is 0 Å². The van der Waals surface area contributed by atoms with Crippen molar-refractivity contribution >= 4 is 46.2 Å². The van der Waals surface area contributed by atoms with E-state index in [2.05, 4.69) is 17.1 Å². The van der Waals surface area contributed by atoms with E-state index in [9.17, 15) is 4.79 Å². The highest BCUT2D eigenvalue weighted by molar-refractivity contribution is 6.42. The SMILES string of the molecule is C[C@@H]1CCCCN1c1ccc(NC(=O)c2ccc(Cl)c(Cl)c2)cc1N. The van der Waals surface area contributed by atoms with Gasteiger partial charge in [-0.3, -0.25) is 4.79 Å². The number of nitrogen functional groups attached to an aromatic ring is 1. The van der Waals surface area contributed by atoms with Crippen molar-refractivity contribution < 1.29 is 4.79 Å². The van der Waals surface area contributed by atoms with Crippen LogP contribution in [0.15, 0.2) is 36.4 Å². The van der Waals surface area contributed by atoms with E-state index in [1.807, 2.05) is 12.1 Å². The molecular formula is C19H21Cl2N3O. The average Bonchev–Trinajstić information content (AvgIpc) is 2.58. The zero-order valence-corrected chi connectivity index (χ0v) is 15.6. The molecule has 6 heteroatoms. The van der Waals surface area contributed by atoms with Gasteiger partial charge in [-0.2, -0.15) is 0 Å². The number of nitrogens with two attached hydrogens (primary N) is 1. The van der Waals surface area contributed by atoms with E-state index < -0.39 is 0 Å². The zero-order chi connectivity index (χ0) is 18.0. The van der Waals surface area contributed by atoms with Gasteiger partial charge in [0.05, 0.1) is 21.4 Å². The number of halogens is 2. The number of piperidine rings is 1. The summed E-state index contributed by atoms with van der Waals surface area (Å²) in [6, 6.07) is 10.9. The van der Waals surface area contributed by atoms with E-state index in [0.717, 1.165) is 12.2 Å². The lowest BCUT2D eigenvalue weighted by molar-refractivity contribution is 0.102. The molecule has 1 aliphatic rings. The van der Waals surface area contributed by atoms with Crippen LogP contribution in [-0.4, -0.2) is 18.5 Å². The van der Waals surface area contributed by atoms with Gasteiger partial charge in [0.1, 0.15) is 0 Å². The predicted octanol–water partition coefficient (Wildman–Crippen LogP) is 5.21. The van der Waals surface area contributed by atoms with Crippen molar-refractivity contribution in [2.45, 2.75) is 32.2 Å². The minimum atomic E-state index is -0.253. The summed E-state index contributed by atoms with van der Waals surface area (Å²) >= 11 is 11.9. The van der Waals surface area contributed by atoms with Crippen LogP contribution in [0, 0.1) is 0 Å². The topological polar surface area (TPSA) is 58.4 Å². The van der Waals surface area contributed by atoms with Gasteiger partial charge in [-0.1, -0.05) is 23.2 Å². The third kappa shape index (κ3) is 4.02. The summed E-state index contributed by atoms with van der Waals surface area (Å²) < 4.78 is 0. The number of hydrogen-bond donors (Lipinski definition) is 2. The smallest absolute Gasteiger partial charge is 0.255 e. The standard InChI is InChI=1S/C19H21Cl2N3O/c1-12-4-2-3-9-24(12)18-8-6-14(11-17(18)22)23-19(25)13-5-7-15(20)16(21)10-13/h5-8,10-12H,2-4,9,22H2,1H3,(H,23,25)/t12-/m1/s1. The number of amides is 1. The molecule has 0 radical (unpaired) electrons. The summed E-state index contributed by atoms with van der Waals surface area (Å²) in [7, 11) is 0. The molecule has 0 unspecified atom stereocenters. The minimum Gasteiger partial charge on any atom is -0.397 e. The molecule has 1 heterocycles. The Hall–Kier alpha value is -1.91. The van der Waals surface area contributed by atoms with Crippen molar-refractivity contribution in [2.24, 2.45) is 0 Å². The number of carbonyl (C=O) groups excluding carboxylic acids is 1. The van der Waals surface area contributed by atoms with Crippen LogP contribution in [0.4, 0.5) is 17.1 Å². The highest BCUT2D eigenvalue weighted by atomic mass is 35.5. The molecule has 1 aliphatic heterocycles. The summed E-state index contributed by atoms with van der Waals surface area (Å²) in [5, 5.41) is 3.62. The largest absolute Gasteiger partial charge is 0.397 e. The fraction of sp³-hybridized carbons (Fsp3) is 0.316. The van der Waals surface area contributed by atoms with Crippen LogP contribution in [0.1, 0.15) is 36.5 Å². The third-order valence-corrected chi connectivity index (χ3v) is 5.32. The van der Waals surface area contributed by atoms with E-state index in [4.69, 9.17) is 28.9 Å². The molecule has 1 fully saturated rings. The first kappa shape index (κ1) is 17.9. The number of hydrogen-bond acceptors (Lipinski definition) is 3. The van der Waals surface area contributed by atoms with Crippen molar-refractivity contribution in [3.05, 3.63) is 52.0 Å². The first-order valence-corrected chi connectivity index (χ1v) is 9.14. The molecule has 0 aliphatic carbocycles. The molecule has 3 rings (SSSR count). The molecule has 1 atom stereocenters. The van der Waals surface area contributed by atoms with Gasteiger partial charge in [-0.05, 0) is 62.6 Å². The van der Waals surface area contributed by atoms with E-state index in [0.29, 0.717) is 33.0 Å². The lowest BCUT2D eigenvalue weighted by atomic mass is 10.0. The van der Waals surface area contributed by atoms with Crippen LogP contribution < -0.4 is 16.0 Å². The number of benzene rings is 2. The Morgan fingerprint density at radius 2 is 1.96 bits per heavy atom. The van der Waals surface area contributed by atoms with Crippen LogP contribution in [0.3, 0.4) is 0 Å². The van der Waals surface area contributed by atoms with Gasteiger partial charge >= 0.3 is 0 Å². The molecule has 132 valence electrons. The monoisotopic (exact) mass is 377 g/mol. The van der Waals surface area contributed by atoms with Gasteiger partial charge < -0.3 is 16.0 Å². The molecule has 2 aromatic carbocycles. The number of nitrogens with zero attached hydrogens (tertiary/aromatic N) is 1. The number of nitrogens with one attached hydrogen (secondary N) is 1. The van der Waals surface area contributed by atoms with Crippen molar-refractivity contribution in [1.82, 2.24) is 0 Å². The van der Waals surface area contributed by atoms with Gasteiger partial charge in [-0.25, -0.2) is 0 Å². The molecular weight excluding hydrogens is 357 g/mol. The lowest BCUT2D eigenvalue weighted by Crippen LogP contribution is -2.37. The summed E-state index contributed by atoms with van der Waals surface area (Å²) in [4.78, 5) is 14.7. The Balaban J connectivity index is 1.76. The van der Waals surface area contributed by atoms with Crippen LogP contribution in [-0.2, 0) is 0 Å². The van der Waals surface area contributed by atoms with E-state index in [1.54, 1.807) is 24.3 Å². The van der Waals surface area contributed by atoms with Crippen molar-refractivity contribution in [3.8, 4) is 0 Å². The second-order valence-electron chi connectivity index (χ2n) is 6.39. The molecule has 2 aromatic rings. The van der Waals surface area contributed by atoms with Crippen LogP contribution in [0.2, 0.25) is 10.0 Å². The van der Waals surface area contributed by atoms with Gasteiger partial charge in [0.25, 0.3) is 5.91 Å². The van der Waals surface area contributed by atoms with E-state index in [-0.39, 0.29) is 5.91 Å². The summed E-state index contributed by atoms with van der Waals surface area (Å²) in [6.45, 7) is 3.24. The van der Waals surface area contributed by atoms with E-state index in [1.165, 1.54) is 19.3 Å².